The minimum absolute atomic E-state index is 0.395. The second-order valence-corrected chi connectivity index (χ2v) is 6.86. The van der Waals surface area contributed by atoms with Gasteiger partial charge in [-0.1, -0.05) is 31.2 Å². The number of nitrogens with one attached hydrogen (secondary N) is 1. The van der Waals surface area contributed by atoms with Crippen LogP contribution in [0.15, 0.2) is 40.2 Å². The number of rotatable bonds is 5. The molecule has 0 bridgehead atoms. The highest BCUT2D eigenvalue weighted by molar-refractivity contribution is 9.11. The maximum absolute atomic E-state index is 3.59. The number of aryl methyl sites for hydroxylation is 1. The fourth-order valence-corrected chi connectivity index (χ4v) is 3.45. The average Bonchev–Trinajstić information content (AvgIpc) is 2.83. The van der Waals surface area contributed by atoms with E-state index in [2.05, 4.69) is 71.5 Å². The standard InChI is InChI=1S/C15H18BrNS/c1-3-12-6-4-5-7-13(12)10-17-11(2)14-8-9-15(16)18-14/h4-9,11,17H,3,10H2,1-2H3. The molecule has 0 amide bonds. The van der Waals surface area contributed by atoms with Crippen LogP contribution in [0.3, 0.4) is 0 Å². The van der Waals surface area contributed by atoms with Gasteiger partial charge in [0.05, 0.1) is 3.79 Å². The lowest BCUT2D eigenvalue weighted by Gasteiger charge is -2.14. The molecule has 0 radical (unpaired) electrons. The zero-order valence-electron chi connectivity index (χ0n) is 10.7. The number of thiophene rings is 1. The van der Waals surface area contributed by atoms with E-state index in [1.54, 1.807) is 11.3 Å². The predicted octanol–water partition coefficient (Wildman–Crippen LogP) is 4.92. The number of hydrogen-bond acceptors (Lipinski definition) is 2. The minimum atomic E-state index is 0.395. The topological polar surface area (TPSA) is 12.0 Å². The molecule has 0 saturated carbocycles. The molecule has 2 rings (SSSR count). The van der Waals surface area contributed by atoms with Gasteiger partial charge in [-0.05, 0) is 52.5 Å². The lowest BCUT2D eigenvalue weighted by molar-refractivity contribution is 0.580. The molecule has 0 saturated heterocycles. The highest BCUT2D eigenvalue weighted by atomic mass is 79.9. The van der Waals surface area contributed by atoms with Crippen molar-refractivity contribution in [3.63, 3.8) is 0 Å². The fourth-order valence-electron chi connectivity index (χ4n) is 2.00. The van der Waals surface area contributed by atoms with Gasteiger partial charge in [0.2, 0.25) is 0 Å². The molecule has 18 heavy (non-hydrogen) atoms. The summed E-state index contributed by atoms with van der Waals surface area (Å²) in [5.41, 5.74) is 2.84. The zero-order chi connectivity index (χ0) is 13.0. The molecule has 1 aromatic carbocycles. The molecule has 1 unspecified atom stereocenters. The lowest BCUT2D eigenvalue weighted by Crippen LogP contribution is -2.18. The Morgan fingerprint density at radius 3 is 2.50 bits per heavy atom. The Labute approximate surface area is 121 Å². The van der Waals surface area contributed by atoms with Gasteiger partial charge < -0.3 is 5.32 Å². The van der Waals surface area contributed by atoms with Crippen LogP contribution in [-0.2, 0) is 13.0 Å². The van der Waals surface area contributed by atoms with Crippen molar-refractivity contribution < 1.29 is 0 Å². The third-order valence-corrected chi connectivity index (χ3v) is 4.93. The molecule has 3 heteroatoms. The van der Waals surface area contributed by atoms with Gasteiger partial charge >= 0.3 is 0 Å². The van der Waals surface area contributed by atoms with Gasteiger partial charge in [-0.15, -0.1) is 11.3 Å². The molecule has 0 aliphatic heterocycles. The van der Waals surface area contributed by atoms with Crippen molar-refractivity contribution in [1.29, 1.82) is 0 Å². The molecule has 1 heterocycles. The molecule has 0 spiro atoms. The summed E-state index contributed by atoms with van der Waals surface area (Å²) >= 11 is 5.31. The van der Waals surface area contributed by atoms with Crippen LogP contribution in [0.1, 0.15) is 35.9 Å². The molecular formula is C15H18BrNS. The van der Waals surface area contributed by atoms with Crippen molar-refractivity contribution in [2.75, 3.05) is 0 Å². The van der Waals surface area contributed by atoms with Gasteiger partial charge in [0.25, 0.3) is 0 Å². The van der Waals surface area contributed by atoms with Crippen molar-refractivity contribution in [1.82, 2.24) is 5.32 Å². The Bertz CT molecular complexity index is 507. The van der Waals surface area contributed by atoms with Crippen molar-refractivity contribution in [2.45, 2.75) is 32.9 Å². The fraction of sp³-hybridized carbons (Fsp3) is 0.333. The Kier molecular flexibility index (Phi) is 4.98. The number of benzene rings is 1. The van der Waals surface area contributed by atoms with Crippen LogP contribution in [0.4, 0.5) is 0 Å². The second kappa shape index (κ2) is 6.50. The zero-order valence-corrected chi connectivity index (χ0v) is 13.1. The van der Waals surface area contributed by atoms with E-state index in [1.807, 2.05) is 0 Å². The molecule has 0 aliphatic rings. The first-order valence-corrected chi connectivity index (χ1v) is 7.87. The predicted molar refractivity (Wildman–Crippen MR) is 83.1 cm³/mol. The molecule has 1 aromatic heterocycles. The van der Waals surface area contributed by atoms with E-state index in [-0.39, 0.29) is 0 Å². The monoisotopic (exact) mass is 323 g/mol. The quantitative estimate of drug-likeness (QED) is 0.823. The summed E-state index contributed by atoms with van der Waals surface area (Å²) in [4.78, 5) is 1.37. The Morgan fingerprint density at radius 2 is 1.89 bits per heavy atom. The van der Waals surface area contributed by atoms with E-state index < -0.39 is 0 Å². The van der Waals surface area contributed by atoms with E-state index in [4.69, 9.17) is 0 Å². The van der Waals surface area contributed by atoms with Crippen LogP contribution in [0.25, 0.3) is 0 Å². The van der Waals surface area contributed by atoms with Crippen molar-refractivity contribution in [3.8, 4) is 0 Å². The summed E-state index contributed by atoms with van der Waals surface area (Å²) in [6, 6.07) is 13.3. The Morgan fingerprint density at radius 1 is 1.17 bits per heavy atom. The van der Waals surface area contributed by atoms with Crippen LogP contribution >= 0.6 is 27.3 Å². The largest absolute Gasteiger partial charge is 0.305 e. The summed E-state index contributed by atoms with van der Waals surface area (Å²) in [7, 11) is 0. The van der Waals surface area contributed by atoms with E-state index >= 15 is 0 Å². The van der Waals surface area contributed by atoms with Crippen LogP contribution in [0, 0.1) is 0 Å². The first kappa shape index (κ1) is 13.8. The van der Waals surface area contributed by atoms with Crippen molar-refractivity contribution in [2.24, 2.45) is 0 Å². The van der Waals surface area contributed by atoms with Gasteiger partial charge in [-0.2, -0.15) is 0 Å². The van der Waals surface area contributed by atoms with E-state index in [1.165, 1.54) is 19.8 Å². The molecule has 1 N–H and O–H groups in total. The number of hydrogen-bond donors (Lipinski definition) is 1. The Balaban J connectivity index is 1.99. The van der Waals surface area contributed by atoms with Crippen LogP contribution in [0.2, 0.25) is 0 Å². The third kappa shape index (κ3) is 3.44. The first-order chi connectivity index (χ1) is 8.70. The molecule has 96 valence electrons. The maximum atomic E-state index is 3.59. The Hall–Kier alpha value is -0.640. The van der Waals surface area contributed by atoms with Gasteiger partial charge in [0, 0.05) is 17.5 Å². The third-order valence-electron chi connectivity index (χ3n) is 3.12. The van der Waals surface area contributed by atoms with Crippen molar-refractivity contribution in [3.05, 3.63) is 56.2 Å². The van der Waals surface area contributed by atoms with Crippen LogP contribution in [0.5, 0.6) is 0 Å². The maximum Gasteiger partial charge on any atom is 0.0701 e. The van der Waals surface area contributed by atoms with E-state index in [9.17, 15) is 0 Å². The molecule has 1 atom stereocenters. The van der Waals surface area contributed by atoms with Gasteiger partial charge in [0.15, 0.2) is 0 Å². The summed E-state index contributed by atoms with van der Waals surface area (Å²) in [5.74, 6) is 0. The van der Waals surface area contributed by atoms with E-state index in [0.717, 1.165) is 13.0 Å². The molecule has 2 aromatic rings. The second-order valence-electron chi connectivity index (χ2n) is 4.37. The SMILES string of the molecule is CCc1ccccc1CNC(C)c1ccc(Br)s1. The van der Waals surface area contributed by atoms with Gasteiger partial charge in [0.1, 0.15) is 0 Å². The highest BCUT2D eigenvalue weighted by Crippen LogP contribution is 2.27. The number of halogens is 1. The summed E-state index contributed by atoms with van der Waals surface area (Å²) in [6.07, 6.45) is 1.09. The first-order valence-electron chi connectivity index (χ1n) is 6.26. The highest BCUT2D eigenvalue weighted by Gasteiger charge is 2.08. The van der Waals surface area contributed by atoms with Gasteiger partial charge in [-0.3, -0.25) is 0 Å². The molecule has 0 aliphatic carbocycles. The lowest BCUT2D eigenvalue weighted by atomic mass is 10.1. The summed E-state index contributed by atoms with van der Waals surface area (Å²) in [5, 5.41) is 3.59. The summed E-state index contributed by atoms with van der Waals surface area (Å²) in [6.45, 7) is 5.35. The molecule has 0 fully saturated rings. The molecular weight excluding hydrogens is 306 g/mol. The van der Waals surface area contributed by atoms with Crippen molar-refractivity contribution >= 4 is 27.3 Å². The van der Waals surface area contributed by atoms with Crippen LogP contribution in [-0.4, -0.2) is 0 Å². The normalized spacial score (nSPS) is 12.6. The van der Waals surface area contributed by atoms with Gasteiger partial charge in [-0.25, -0.2) is 0 Å². The summed E-state index contributed by atoms with van der Waals surface area (Å²) < 4.78 is 1.19. The average molecular weight is 324 g/mol. The molecule has 1 nitrogen and oxygen atoms in total. The minimum Gasteiger partial charge on any atom is -0.305 e. The van der Waals surface area contributed by atoms with Crippen LogP contribution < -0.4 is 5.32 Å². The van der Waals surface area contributed by atoms with E-state index in [0.29, 0.717) is 6.04 Å². The smallest absolute Gasteiger partial charge is 0.0701 e.